The van der Waals surface area contributed by atoms with Crippen LogP contribution in [0.3, 0.4) is 0 Å². The molecule has 0 bridgehead atoms. The van der Waals surface area contributed by atoms with E-state index in [1.54, 1.807) is 11.6 Å². The van der Waals surface area contributed by atoms with Crippen LogP contribution in [0, 0.1) is 0 Å². The van der Waals surface area contributed by atoms with Gasteiger partial charge in [-0.2, -0.15) is 0 Å². The number of hydrogen-bond acceptors (Lipinski definition) is 5. The van der Waals surface area contributed by atoms with Crippen LogP contribution in [0.25, 0.3) is 16.7 Å². The van der Waals surface area contributed by atoms with Gasteiger partial charge in [-0.05, 0) is 26.0 Å². The van der Waals surface area contributed by atoms with E-state index in [1.807, 2.05) is 28.7 Å². The molecule has 2 unspecified atom stereocenters. The van der Waals surface area contributed by atoms with Crippen LogP contribution >= 0.6 is 0 Å². The summed E-state index contributed by atoms with van der Waals surface area (Å²) in [4.78, 5) is 14.8. The minimum Gasteiger partial charge on any atom is -0.373 e. The molecule has 24 heavy (non-hydrogen) atoms. The van der Waals surface area contributed by atoms with E-state index in [4.69, 9.17) is 4.74 Å². The van der Waals surface area contributed by atoms with Crippen molar-refractivity contribution in [3.63, 3.8) is 0 Å². The van der Waals surface area contributed by atoms with Crippen LogP contribution in [-0.4, -0.2) is 49.4 Å². The predicted molar refractivity (Wildman–Crippen MR) is 91.0 cm³/mol. The van der Waals surface area contributed by atoms with Crippen LogP contribution in [0.5, 0.6) is 0 Å². The molecular weight excluding hydrogens is 306 g/mol. The van der Waals surface area contributed by atoms with Crippen molar-refractivity contribution in [2.24, 2.45) is 7.05 Å². The Balaban J connectivity index is 1.84. The molecule has 2 atom stereocenters. The Morgan fingerprint density at radius 3 is 2.62 bits per heavy atom. The molecule has 0 radical (unpaired) electrons. The maximum atomic E-state index is 12.5. The molecule has 1 fully saturated rings. The van der Waals surface area contributed by atoms with Gasteiger partial charge in [0.15, 0.2) is 5.82 Å². The Hall–Kier alpha value is -2.25. The Kier molecular flexibility index (Phi) is 3.62. The number of ether oxygens (including phenoxy) is 1. The lowest BCUT2D eigenvalue weighted by atomic mass is 10.2. The highest BCUT2D eigenvalue weighted by atomic mass is 16.5. The van der Waals surface area contributed by atoms with Crippen LogP contribution in [0.4, 0.5) is 0 Å². The van der Waals surface area contributed by atoms with E-state index in [2.05, 4.69) is 28.9 Å². The number of rotatable bonds is 2. The summed E-state index contributed by atoms with van der Waals surface area (Å²) in [7, 11) is 1.74. The molecule has 2 aromatic heterocycles. The quantitative estimate of drug-likeness (QED) is 0.707. The highest BCUT2D eigenvalue weighted by Gasteiger charge is 2.24. The summed E-state index contributed by atoms with van der Waals surface area (Å²) in [6.07, 6.45) is 0.406. The molecule has 1 saturated heterocycles. The van der Waals surface area contributed by atoms with Crippen molar-refractivity contribution in [1.29, 1.82) is 0 Å². The lowest BCUT2D eigenvalue weighted by Crippen LogP contribution is -2.45. The van der Waals surface area contributed by atoms with Gasteiger partial charge in [-0.25, -0.2) is 0 Å². The Labute approximate surface area is 139 Å². The first-order valence-corrected chi connectivity index (χ1v) is 8.24. The molecule has 3 aromatic rings. The SMILES string of the molecule is CC1CN(Cc2nnc3n(C)c(=O)c4ccccc4n23)CC(C)O1. The minimum absolute atomic E-state index is 0.0503. The number of aromatic nitrogens is 4. The fourth-order valence-corrected chi connectivity index (χ4v) is 3.61. The zero-order valence-corrected chi connectivity index (χ0v) is 14.1. The average molecular weight is 327 g/mol. The Morgan fingerprint density at radius 1 is 1.17 bits per heavy atom. The van der Waals surface area contributed by atoms with Gasteiger partial charge in [0.2, 0.25) is 5.78 Å². The first-order chi connectivity index (χ1) is 11.5. The van der Waals surface area contributed by atoms with E-state index >= 15 is 0 Å². The number of morpholine rings is 1. The van der Waals surface area contributed by atoms with Gasteiger partial charge in [-0.1, -0.05) is 12.1 Å². The lowest BCUT2D eigenvalue weighted by Gasteiger charge is -2.34. The molecule has 1 aliphatic rings. The van der Waals surface area contributed by atoms with Crippen LogP contribution in [0.15, 0.2) is 29.1 Å². The van der Waals surface area contributed by atoms with E-state index < -0.39 is 0 Å². The van der Waals surface area contributed by atoms with E-state index in [-0.39, 0.29) is 17.8 Å². The number of aryl methyl sites for hydroxylation is 1. The first kappa shape index (κ1) is 15.3. The van der Waals surface area contributed by atoms with Gasteiger partial charge in [0, 0.05) is 20.1 Å². The third kappa shape index (κ3) is 2.40. The number of para-hydroxylation sites is 1. The summed E-state index contributed by atoms with van der Waals surface area (Å²) in [5.74, 6) is 1.42. The maximum absolute atomic E-state index is 12.5. The molecule has 7 nitrogen and oxygen atoms in total. The van der Waals surface area contributed by atoms with Crippen molar-refractivity contribution >= 4 is 16.7 Å². The molecule has 0 aliphatic carbocycles. The maximum Gasteiger partial charge on any atom is 0.262 e. The van der Waals surface area contributed by atoms with Crippen LogP contribution in [-0.2, 0) is 18.3 Å². The van der Waals surface area contributed by atoms with E-state index in [1.165, 1.54) is 0 Å². The van der Waals surface area contributed by atoms with Crippen molar-refractivity contribution < 1.29 is 4.74 Å². The molecule has 7 heteroatoms. The number of hydrogen-bond donors (Lipinski definition) is 0. The monoisotopic (exact) mass is 327 g/mol. The highest BCUT2D eigenvalue weighted by molar-refractivity contribution is 5.80. The molecule has 3 heterocycles. The number of benzene rings is 1. The number of fused-ring (bicyclic) bond motifs is 3. The fraction of sp³-hybridized carbons (Fsp3) is 0.471. The van der Waals surface area contributed by atoms with Crippen molar-refractivity contribution in [3.8, 4) is 0 Å². The summed E-state index contributed by atoms with van der Waals surface area (Å²) < 4.78 is 9.34. The zero-order valence-electron chi connectivity index (χ0n) is 14.1. The second-order valence-corrected chi connectivity index (χ2v) is 6.58. The molecule has 1 aromatic carbocycles. The molecule has 4 rings (SSSR count). The van der Waals surface area contributed by atoms with Crippen molar-refractivity contribution in [1.82, 2.24) is 24.1 Å². The molecule has 126 valence electrons. The highest BCUT2D eigenvalue weighted by Crippen LogP contribution is 2.17. The molecule has 1 aliphatic heterocycles. The third-order valence-electron chi connectivity index (χ3n) is 4.55. The molecule has 0 N–H and O–H groups in total. The summed E-state index contributed by atoms with van der Waals surface area (Å²) in [5.41, 5.74) is 0.802. The fourth-order valence-electron chi connectivity index (χ4n) is 3.61. The van der Waals surface area contributed by atoms with Crippen LogP contribution in [0.2, 0.25) is 0 Å². The van der Waals surface area contributed by atoms with Gasteiger partial charge in [0.05, 0.1) is 29.7 Å². The third-order valence-corrected chi connectivity index (χ3v) is 4.55. The molecule has 0 saturated carbocycles. The van der Waals surface area contributed by atoms with Crippen LogP contribution in [0.1, 0.15) is 19.7 Å². The second kappa shape index (κ2) is 5.68. The van der Waals surface area contributed by atoms with Crippen LogP contribution < -0.4 is 5.56 Å². The summed E-state index contributed by atoms with van der Waals surface area (Å²) in [6.45, 7) is 6.58. The summed E-state index contributed by atoms with van der Waals surface area (Å²) in [6, 6.07) is 7.61. The van der Waals surface area contributed by atoms with Gasteiger partial charge in [-0.3, -0.25) is 18.7 Å². The van der Waals surface area contributed by atoms with Gasteiger partial charge >= 0.3 is 0 Å². The minimum atomic E-state index is -0.0503. The number of nitrogens with zero attached hydrogens (tertiary/aromatic N) is 5. The van der Waals surface area contributed by atoms with Crippen molar-refractivity contribution in [3.05, 3.63) is 40.4 Å². The predicted octanol–water partition coefficient (Wildman–Crippen LogP) is 1.19. The van der Waals surface area contributed by atoms with Gasteiger partial charge in [-0.15, -0.1) is 10.2 Å². The smallest absolute Gasteiger partial charge is 0.262 e. The van der Waals surface area contributed by atoms with E-state index in [0.717, 1.165) is 24.4 Å². The average Bonchev–Trinajstić information content (AvgIpc) is 2.95. The first-order valence-electron chi connectivity index (χ1n) is 8.24. The van der Waals surface area contributed by atoms with Crippen molar-refractivity contribution in [2.75, 3.05) is 13.1 Å². The van der Waals surface area contributed by atoms with Gasteiger partial charge in [0.1, 0.15) is 0 Å². The Bertz CT molecular complexity index is 951. The second-order valence-electron chi connectivity index (χ2n) is 6.58. The normalized spacial score (nSPS) is 22.5. The topological polar surface area (TPSA) is 64.7 Å². The Morgan fingerprint density at radius 2 is 1.88 bits per heavy atom. The summed E-state index contributed by atoms with van der Waals surface area (Å²) in [5, 5.41) is 9.29. The van der Waals surface area contributed by atoms with Gasteiger partial charge in [0.25, 0.3) is 5.56 Å². The van der Waals surface area contributed by atoms with Crippen molar-refractivity contribution in [2.45, 2.75) is 32.6 Å². The molecule has 0 spiro atoms. The molecular formula is C17H21N5O2. The largest absolute Gasteiger partial charge is 0.373 e. The standard InChI is InChI=1S/C17H21N5O2/c1-11-8-21(9-12(2)24-11)10-15-18-19-17-20(3)16(23)13-6-4-5-7-14(13)22(15)17/h4-7,11-12H,8-10H2,1-3H3. The van der Waals surface area contributed by atoms with E-state index in [0.29, 0.717) is 17.7 Å². The van der Waals surface area contributed by atoms with E-state index in [9.17, 15) is 4.79 Å². The summed E-state index contributed by atoms with van der Waals surface area (Å²) >= 11 is 0. The van der Waals surface area contributed by atoms with Gasteiger partial charge < -0.3 is 4.74 Å². The molecule has 0 amide bonds. The zero-order chi connectivity index (χ0) is 16.8. The lowest BCUT2D eigenvalue weighted by molar-refractivity contribution is -0.0711.